The summed E-state index contributed by atoms with van der Waals surface area (Å²) in [5.41, 5.74) is 3.49. The molecule has 5 fully saturated rings. The van der Waals surface area contributed by atoms with Gasteiger partial charge in [0.15, 0.2) is 16.9 Å². The lowest BCUT2D eigenvalue weighted by Gasteiger charge is -2.69. The molecular weight excluding hydrogens is 1290 g/mol. The number of aliphatic hydroxyl groups is 1. The van der Waals surface area contributed by atoms with Gasteiger partial charge in [0.1, 0.15) is 42.8 Å². The molecule has 0 spiro atoms. The molecule has 4 aliphatic carbocycles. The molecule has 4 bridgehead atoms. The van der Waals surface area contributed by atoms with Crippen LogP contribution in [0.25, 0.3) is 15.8 Å². The predicted octanol–water partition coefficient (Wildman–Crippen LogP) is 7.37. The normalized spacial score (nSPS) is 24.0. The molecule has 0 radical (unpaired) electrons. The number of allylic oxidation sites excluding steroid dienone is 2. The molecule has 2 aromatic heterocycles. The number of aliphatic carboxylic acids is 1. The van der Waals surface area contributed by atoms with Crippen molar-refractivity contribution in [2.75, 3.05) is 96.7 Å². The van der Waals surface area contributed by atoms with Crippen molar-refractivity contribution in [3.05, 3.63) is 118 Å². The molecular formula is C70H83N9O18S. The Morgan fingerprint density at radius 3 is 2.32 bits per heavy atom. The first kappa shape index (κ1) is 70.3. The minimum atomic E-state index is -1.28. The van der Waals surface area contributed by atoms with Gasteiger partial charge in [-0.25, -0.2) is 24.4 Å². The zero-order valence-electron chi connectivity index (χ0n) is 55.5. The molecule has 5 amide bonds. The third-order valence-corrected chi connectivity index (χ3v) is 20.0. The number of nitrogens with one attached hydrogen (secondary N) is 4. The van der Waals surface area contributed by atoms with Crippen molar-refractivity contribution in [1.29, 1.82) is 5.41 Å². The highest BCUT2D eigenvalue weighted by molar-refractivity contribution is 7.22. The molecule has 7 N–H and O–H groups in total. The highest BCUT2D eigenvalue weighted by Gasteiger charge is 2.66. The highest BCUT2D eigenvalue weighted by Crippen LogP contribution is 2.71. The molecule has 4 saturated carbocycles. The molecule has 27 nitrogen and oxygen atoms in total. The molecule has 98 heavy (non-hydrogen) atoms. The molecule has 3 aliphatic heterocycles. The van der Waals surface area contributed by atoms with Gasteiger partial charge in [-0.2, -0.15) is 0 Å². The van der Waals surface area contributed by atoms with Crippen LogP contribution in [0.2, 0.25) is 0 Å². The smallest absolute Gasteiger partial charge is 0.410 e. The maximum absolute atomic E-state index is 14.1. The molecule has 5 heterocycles. The van der Waals surface area contributed by atoms with E-state index in [1.807, 2.05) is 36.1 Å². The number of nitrogens with zero attached hydrogens (tertiary/aromatic N) is 5. The number of pyridine rings is 1. The Morgan fingerprint density at radius 2 is 1.59 bits per heavy atom. The van der Waals surface area contributed by atoms with E-state index in [-0.39, 0.29) is 124 Å². The number of ether oxygens (including phenoxy) is 8. The number of rotatable bonds is 31. The molecule has 3 aromatic carbocycles. The molecule has 5 atom stereocenters. The van der Waals surface area contributed by atoms with Crippen molar-refractivity contribution < 1.29 is 86.8 Å². The van der Waals surface area contributed by atoms with Gasteiger partial charge in [-0.3, -0.25) is 29.4 Å². The van der Waals surface area contributed by atoms with E-state index < -0.39 is 66.4 Å². The van der Waals surface area contributed by atoms with Crippen molar-refractivity contribution in [1.82, 2.24) is 30.4 Å². The highest BCUT2D eigenvalue weighted by atomic mass is 32.1. The monoisotopic (exact) mass is 1370 g/mol. The zero-order chi connectivity index (χ0) is 69.5. The van der Waals surface area contributed by atoms with Gasteiger partial charge >= 0.3 is 18.0 Å². The standard InChI is InChI=1S/C70H83N9O18S/c1-42(49(31-71)47-13-15-56(75-61(47)64(87)88)78-20-18-46-50(32-78)48(12-14-52(46)91-5)62(84)76-65-74-51-8-6-7-9-55(51)98-65)73-41-69-36-67(2)35-68(3,37-69)39-70(38-67,40-69)95-25-22-77(21-24-90-4)66(89)94-34-43-10-11-45(96-60-29-44(80)28-54(97-60)63(85)86)30-53(43)93-27-26-92-23-19-72-57(81)33-79-58(82)16-17-59(79)83/h6-17,30-31,44,54,60,71,73,80H,18-29,32-41H2,1-5H3,(H,72,81)(H,85,86)(H,87,88)(H,74,76,84)/b49-42+,71-31?/t44-,54-,60+,67?,68?,69?,70?/m0/s1. The van der Waals surface area contributed by atoms with Gasteiger partial charge in [0.05, 0.1) is 55.5 Å². The third kappa shape index (κ3) is 16.2. The number of methoxy groups -OCH3 is 2. The number of hydrogen-bond acceptors (Lipinski definition) is 22. The van der Waals surface area contributed by atoms with Gasteiger partial charge in [0.2, 0.25) is 12.2 Å². The summed E-state index contributed by atoms with van der Waals surface area (Å²) in [5, 5.41) is 49.2. The van der Waals surface area contributed by atoms with Crippen molar-refractivity contribution >= 4 is 86.0 Å². The van der Waals surface area contributed by atoms with Gasteiger partial charge in [-0.05, 0) is 122 Å². The van der Waals surface area contributed by atoms with Crippen LogP contribution in [0.3, 0.4) is 0 Å². The number of benzene rings is 3. The maximum Gasteiger partial charge on any atom is 0.410 e. The number of aliphatic hydroxyl groups excluding tert-OH is 1. The summed E-state index contributed by atoms with van der Waals surface area (Å²) in [7, 11) is 3.13. The van der Waals surface area contributed by atoms with Crippen LogP contribution in [0, 0.1) is 21.7 Å². The lowest BCUT2D eigenvalue weighted by atomic mass is 9.39. The Balaban J connectivity index is 0.726. The number of carbonyl (C=O) groups excluding carboxylic acids is 5. The van der Waals surface area contributed by atoms with Crippen molar-refractivity contribution in [3.8, 4) is 17.2 Å². The maximum atomic E-state index is 14.1. The van der Waals surface area contributed by atoms with E-state index in [1.165, 1.54) is 35.6 Å². The Bertz CT molecular complexity index is 3880. The molecule has 12 rings (SSSR count). The number of para-hydroxylation sites is 1. The molecule has 28 heteroatoms. The van der Waals surface area contributed by atoms with Gasteiger partial charge in [0.25, 0.3) is 17.7 Å². The van der Waals surface area contributed by atoms with Crippen LogP contribution in [-0.4, -0.2) is 194 Å². The molecule has 7 aliphatic rings. The lowest BCUT2D eigenvalue weighted by molar-refractivity contribution is -0.243. The Kier molecular flexibility index (Phi) is 21.5. The van der Waals surface area contributed by atoms with E-state index in [2.05, 4.69) is 34.8 Å². The van der Waals surface area contributed by atoms with Crippen LogP contribution in [0.4, 0.5) is 15.7 Å². The second-order valence-electron chi connectivity index (χ2n) is 26.9. The third-order valence-electron chi connectivity index (χ3n) is 19.0. The minimum absolute atomic E-state index is 0.00960. The van der Waals surface area contributed by atoms with Crippen LogP contribution in [-0.2, 0) is 62.4 Å². The van der Waals surface area contributed by atoms with E-state index in [4.69, 9.17) is 48.3 Å². The van der Waals surface area contributed by atoms with E-state index in [9.17, 15) is 48.9 Å². The van der Waals surface area contributed by atoms with Crippen molar-refractivity contribution in [3.63, 3.8) is 0 Å². The first-order valence-corrected chi connectivity index (χ1v) is 33.5. The number of carbonyl (C=O) groups is 7. The summed E-state index contributed by atoms with van der Waals surface area (Å²) in [4.78, 5) is 103. The molecule has 2 unspecified atom stereocenters. The molecule has 522 valence electrons. The average Bonchev–Trinajstić information content (AvgIpc) is 0.764. The van der Waals surface area contributed by atoms with Crippen LogP contribution in [0.15, 0.2) is 84.6 Å². The summed E-state index contributed by atoms with van der Waals surface area (Å²) < 4.78 is 48.5. The number of fused-ring (bicyclic) bond motifs is 2. The van der Waals surface area contributed by atoms with Crippen LogP contribution in [0.1, 0.15) is 115 Å². The van der Waals surface area contributed by atoms with Crippen molar-refractivity contribution in [2.45, 2.75) is 116 Å². The first-order valence-electron chi connectivity index (χ1n) is 32.7. The van der Waals surface area contributed by atoms with Crippen molar-refractivity contribution in [2.24, 2.45) is 16.2 Å². The fourth-order valence-electron chi connectivity index (χ4n) is 15.9. The first-order chi connectivity index (χ1) is 47.0. The minimum Gasteiger partial charge on any atom is -0.496 e. The second kappa shape index (κ2) is 30.0. The topological polar surface area (TPSA) is 349 Å². The Labute approximate surface area is 570 Å². The van der Waals surface area contributed by atoms with Crippen LogP contribution < -0.4 is 35.1 Å². The zero-order valence-corrected chi connectivity index (χ0v) is 56.3. The number of carboxylic acids is 2. The summed E-state index contributed by atoms with van der Waals surface area (Å²) in [6, 6.07) is 19.4. The molecule has 1 saturated heterocycles. The van der Waals surface area contributed by atoms with Gasteiger partial charge in [0, 0.05) is 117 Å². The largest absolute Gasteiger partial charge is 0.496 e. The van der Waals surface area contributed by atoms with Gasteiger partial charge in [-0.15, -0.1) is 0 Å². The predicted molar refractivity (Wildman–Crippen MR) is 358 cm³/mol. The number of hydrogen-bond donors (Lipinski definition) is 7. The quantitative estimate of drug-likeness (QED) is 0.0129. The number of thiazole rings is 1. The van der Waals surface area contributed by atoms with E-state index in [0.717, 1.165) is 76.9 Å². The van der Waals surface area contributed by atoms with Gasteiger partial charge in [-0.1, -0.05) is 37.3 Å². The SMILES string of the molecule is COCCN(CCOC12CC3(C)CC(C)(CC(CN/C(C)=C(\C=N)c4ccc(N5CCc6c(OC)ccc(C(=O)Nc7nc8ccccc8s7)c6C5)nc4C(=O)O)(C3)C1)C2)C(=O)OCc1ccc(O[C@H]2C[C@@H](O)C[C@@H](C(=O)O)O2)cc1OCCOCCNC(=O)CN1C(=O)C=CC1=O. The Hall–Kier alpha value is -9.06. The van der Waals surface area contributed by atoms with Crippen LogP contribution >= 0.6 is 11.3 Å². The van der Waals surface area contributed by atoms with E-state index >= 15 is 0 Å². The van der Waals surface area contributed by atoms with Gasteiger partial charge < -0.3 is 79.1 Å². The molecule has 5 aromatic rings. The number of imide groups is 1. The number of aromatic nitrogens is 2. The number of anilines is 2. The van der Waals surface area contributed by atoms with Crippen LogP contribution in [0.5, 0.6) is 17.2 Å². The fourth-order valence-corrected chi connectivity index (χ4v) is 16.7. The summed E-state index contributed by atoms with van der Waals surface area (Å²) >= 11 is 1.38. The number of carboxylic acid groups (broad SMARTS) is 2. The number of aromatic carboxylic acids is 1. The van der Waals surface area contributed by atoms with E-state index in [1.54, 1.807) is 43.5 Å². The second-order valence-corrected chi connectivity index (χ2v) is 27.9. The lowest BCUT2D eigenvalue weighted by Crippen LogP contribution is -2.65. The summed E-state index contributed by atoms with van der Waals surface area (Å²) in [5.74, 6) is -2.99. The summed E-state index contributed by atoms with van der Waals surface area (Å²) in [6.45, 7) is 8.09. The van der Waals surface area contributed by atoms with E-state index in [0.29, 0.717) is 58.6 Å². The fraction of sp³-hybridized carbons (Fsp3) is 0.486. The Morgan fingerprint density at radius 1 is 0.837 bits per heavy atom. The summed E-state index contributed by atoms with van der Waals surface area (Å²) in [6.07, 6.45) is 5.07. The average molecular weight is 1370 g/mol. The number of amides is 5.